The summed E-state index contributed by atoms with van der Waals surface area (Å²) in [6.07, 6.45) is 2.57. The largest absolute Gasteiger partial charge is 0.380 e. The predicted molar refractivity (Wildman–Crippen MR) is 81.4 cm³/mol. The van der Waals surface area contributed by atoms with Gasteiger partial charge < -0.3 is 16.4 Å². The summed E-state index contributed by atoms with van der Waals surface area (Å²) < 4.78 is 0.817. The van der Waals surface area contributed by atoms with E-state index in [2.05, 4.69) is 26.6 Å². The van der Waals surface area contributed by atoms with Crippen molar-refractivity contribution in [1.29, 1.82) is 0 Å². The number of carbonyl (C=O) groups excluding carboxylic acids is 1. The van der Waals surface area contributed by atoms with Crippen LogP contribution in [0.1, 0.15) is 19.3 Å². The minimum atomic E-state index is -0.0770. The van der Waals surface area contributed by atoms with Crippen molar-refractivity contribution in [2.75, 3.05) is 11.9 Å². The Hall–Kier alpha value is -0.780. The highest BCUT2D eigenvalue weighted by Crippen LogP contribution is 2.26. The molecule has 1 amide bonds. The summed E-state index contributed by atoms with van der Waals surface area (Å²) >= 11 is 9.30. The van der Waals surface area contributed by atoms with Crippen LogP contribution in [0.25, 0.3) is 0 Å². The first-order valence-electron chi connectivity index (χ1n) is 6.29. The number of carbonyl (C=O) groups is 1. The van der Waals surface area contributed by atoms with Crippen molar-refractivity contribution >= 4 is 39.1 Å². The SMILES string of the molecule is NCC(CC(=O)NC1CC1)Nc1ccc(Cl)c(Br)c1. The molecular weight excluding hydrogens is 330 g/mol. The summed E-state index contributed by atoms with van der Waals surface area (Å²) in [6.45, 7) is 0.401. The minimum absolute atomic E-state index is 0.0541. The lowest BCUT2D eigenvalue weighted by atomic mass is 10.2. The summed E-state index contributed by atoms with van der Waals surface area (Å²) in [5, 5.41) is 6.86. The van der Waals surface area contributed by atoms with Gasteiger partial charge in [0.05, 0.1) is 5.02 Å². The Morgan fingerprint density at radius 2 is 2.26 bits per heavy atom. The van der Waals surface area contributed by atoms with Crippen LogP contribution in [0.2, 0.25) is 5.02 Å². The Morgan fingerprint density at radius 3 is 2.84 bits per heavy atom. The van der Waals surface area contributed by atoms with Crippen LogP contribution in [-0.2, 0) is 4.79 Å². The number of nitrogens with one attached hydrogen (secondary N) is 2. The van der Waals surface area contributed by atoms with E-state index in [1.165, 1.54) is 0 Å². The van der Waals surface area contributed by atoms with Gasteiger partial charge in [0.1, 0.15) is 0 Å². The van der Waals surface area contributed by atoms with Gasteiger partial charge in [-0.25, -0.2) is 0 Å². The van der Waals surface area contributed by atoms with Gasteiger partial charge in [0.25, 0.3) is 0 Å². The highest BCUT2D eigenvalue weighted by Gasteiger charge is 2.24. The third-order valence-electron chi connectivity index (χ3n) is 2.95. The van der Waals surface area contributed by atoms with Crippen LogP contribution in [0.5, 0.6) is 0 Å². The molecule has 1 aliphatic carbocycles. The smallest absolute Gasteiger partial charge is 0.222 e. The molecule has 0 spiro atoms. The molecule has 0 saturated heterocycles. The van der Waals surface area contributed by atoms with E-state index in [9.17, 15) is 4.79 Å². The van der Waals surface area contributed by atoms with E-state index in [1.807, 2.05) is 12.1 Å². The maximum absolute atomic E-state index is 11.7. The molecule has 1 aliphatic rings. The van der Waals surface area contributed by atoms with Crippen molar-refractivity contribution in [1.82, 2.24) is 5.32 Å². The molecule has 1 atom stereocenters. The Labute approximate surface area is 126 Å². The van der Waals surface area contributed by atoms with Crippen LogP contribution < -0.4 is 16.4 Å². The molecule has 4 N–H and O–H groups in total. The van der Waals surface area contributed by atoms with Crippen molar-refractivity contribution in [2.45, 2.75) is 31.3 Å². The number of hydrogen-bond donors (Lipinski definition) is 3. The molecule has 0 bridgehead atoms. The maximum Gasteiger partial charge on any atom is 0.222 e. The molecule has 0 heterocycles. The summed E-state index contributed by atoms with van der Waals surface area (Å²) in [7, 11) is 0. The first-order valence-corrected chi connectivity index (χ1v) is 7.46. The second-order valence-corrected chi connectivity index (χ2v) is 6.01. The molecular formula is C13H17BrClN3O. The molecule has 0 radical (unpaired) electrons. The van der Waals surface area contributed by atoms with Crippen molar-refractivity contribution in [2.24, 2.45) is 5.73 Å². The van der Waals surface area contributed by atoms with Crippen molar-refractivity contribution in [3.63, 3.8) is 0 Å². The number of rotatable bonds is 6. The fourth-order valence-corrected chi connectivity index (χ4v) is 2.25. The summed E-state index contributed by atoms with van der Waals surface area (Å²) in [5.74, 6) is 0.0541. The average molecular weight is 347 g/mol. The molecule has 104 valence electrons. The lowest BCUT2D eigenvalue weighted by Gasteiger charge is -2.18. The maximum atomic E-state index is 11.7. The number of halogens is 2. The number of anilines is 1. The monoisotopic (exact) mass is 345 g/mol. The van der Waals surface area contributed by atoms with Crippen molar-refractivity contribution < 1.29 is 4.79 Å². The quantitative estimate of drug-likeness (QED) is 0.741. The fraction of sp³-hybridized carbons (Fsp3) is 0.462. The lowest BCUT2D eigenvalue weighted by Crippen LogP contribution is -2.36. The van der Waals surface area contributed by atoms with Gasteiger partial charge in [0.15, 0.2) is 0 Å². The molecule has 1 aromatic rings. The zero-order valence-corrected chi connectivity index (χ0v) is 12.8. The topological polar surface area (TPSA) is 67.2 Å². The third-order valence-corrected chi connectivity index (χ3v) is 4.16. The van der Waals surface area contributed by atoms with Gasteiger partial charge in [-0.05, 0) is 47.0 Å². The molecule has 0 aromatic heterocycles. The standard InChI is InChI=1S/C13H17BrClN3O/c14-11-5-9(3-4-12(11)15)17-10(7-16)6-13(19)18-8-1-2-8/h3-5,8,10,17H,1-2,6-7,16H2,(H,18,19). The summed E-state index contributed by atoms with van der Waals surface area (Å²) in [4.78, 5) is 11.7. The van der Waals surface area contributed by atoms with Crippen LogP contribution in [0.15, 0.2) is 22.7 Å². The predicted octanol–water partition coefficient (Wildman–Crippen LogP) is 2.51. The zero-order valence-electron chi connectivity index (χ0n) is 10.5. The van der Waals surface area contributed by atoms with Crippen LogP contribution in [0.4, 0.5) is 5.69 Å². The summed E-state index contributed by atoms with van der Waals surface area (Å²) in [5.41, 5.74) is 6.60. The highest BCUT2D eigenvalue weighted by molar-refractivity contribution is 9.10. The Balaban J connectivity index is 1.89. The van der Waals surface area contributed by atoms with Crippen LogP contribution in [-0.4, -0.2) is 24.5 Å². The van der Waals surface area contributed by atoms with E-state index in [-0.39, 0.29) is 11.9 Å². The molecule has 1 aromatic carbocycles. The van der Waals surface area contributed by atoms with E-state index in [0.29, 0.717) is 24.0 Å². The fourth-order valence-electron chi connectivity index (χ4n) is 1.75. The first kappa shape index (κ1) is 14.6. The van der Waals surface area contributed by atoms with E-state index in [1.54, 1.807) is 6.07 Å². The van der Waals surface area contributed by atoms with Gasteiger partial charge in [-0.1, -0.05) is 11.6 Å². The normalized spacial score (nSPS) is 15.9. The van der Waals surface area contributed by atoms with Crippen LogP contribution >= 0.6 is 27.5 Å². The van der Waals surface area contributed by atoms with Gasteiger partial charge in [-0.2, -0.15) is 0 Å². The Kier molecular flexibility index (Phi) is 5.07. The minimum Gasteiger partial charge on any atom is -0.380 e. The second kappa shape index (κ2) is 6.59. The van der Waals surface area contributed by atoms with Crippen molar-refractivity contribution in [3.05, 3.63) is 27.7 Å². The number of hydrogen-bond acceptors (Lipinski definition) is 3. The van der Waals surface area contributed by atoms with E-state index in [4.69, 9.17) is 17.3 Å². The third kappa shape index (κ3) is 4.67. The number of benzene rings is 1. The number of amides is 1. The van der Waals surface area contributed by atoms with E-state index >= 15 is 0 Å². The van der Waals surface area contributed by atoms with Gasteiger partial charge >= 0.3 is 0 Å². The average Bonchev–Trinajstić information content (AvgIpc) is 3.16. The second-order valence-electron chi connectivity index (χ2n) is 4.75. The molecule has 4 nitrogen and oxygen atoms in total. The molecule has 1 saturated carbocycles. The van der Waals surface area contributed by atoms with Gasteiger partial charge in [0.2, 0.25) is 5.91 Å². The Morgan fingerprint density at radius 1 is 1.53 bits per heavy atom. The highest BCUT2D eigenvalue weighted by atomic mass is 79.9. The first-order chi connectivity index (χ1) is 9.08. The van der Waals surface area contributed by atoms with Gasteiger partial charge in [0, 0.05) is 35.2 Å². The van der Waals surface area contributed by atoms with E-state index < -0.39 is 0 Å². The lowest BCUT2D eigenvalue weighted by molar-refractivity contribution is -0.121. The molecule has 1 fully saturated rings. The zero-order chi connectivity index (χ0) is 13.8. The molecule has 6 heteroatoms. The van der Waals surface area contributed by atoms with Gasteiger partial charge in [-0.15, -0.1) is 0 Å². The van der Waals surface area contributed by atoms with Crippen LogP contribution in [0.3, 0.4) is 0 Å². The number of nitrogens with two attached hydrogens (primary N) is 1. The van der Waals surface area contributed by atoms with Crippen molar-refractivity contribution in [3.8, 4) is 0 Å². The van der Waals surface area contributed by atoms with E-state index in [0.717, 1.165) is 23.0 Å². The molecule has 2 rings (SSSR count). The molecule has 1 unspecified atom stereocenters. The molecule has 19 heavy (non-hydrogen) atoms. The molecule has 0 aliphatic heterocycles. The summed E-state index contributed by atoms with van der Waals surface area (Å²) in [6, 6.07) is 5.85. The van der Waals surface area contributed by atoms with Crippen LogP contribution in [0, 0.1) is 0 Å². The van der Waals surface area contributed by atoms with Gasteiger partial charge in [-0.3, -0.25) is 4.79 Å². The Bertz CT molecular complexity index is 465.